The highest BCUT2D eigenvalue weighted by atomic mass is 16.2. The fourth-order valence-corrected chi connectivity index (χ4v) is 2.05. The summed E-state index contributed by atoms with van der Waals surface area (Å²) in [5.74, 6) is -0.361. The summed E-state index contributed by atoms with van der Waals surface area (Å²) in [6.07, 6.45) is 0.623. The number of amides is 2. The Balaban J connectivity index is 2.07. The Kier molecular flexibility index (Phi) is 3.62. The van der Waals surface area contributed by atoms with Crippen LogP contribution in [0.1, 0.15) is 12.0 Å². The van der Waals surface area contributed by atoms with Gasteiger partial charge in [0.1, 0.15) is 6.04 Å². The number of benzene rings is 1. The number of hydrogen-bond donors (Lipinski definition) is 2. The molecule has 5 heteroatoms. The summed E-state index contributed by atoms with van der Waals surface area (Å²) in [6.45, 7) is 2.53. The van der Waals surface area contributed by atoms with E-state index in [-0.39, 0.29) is 18.4 Å². The van der Waals surface area contributed by atoms with Crippen LogP contribution in [0.25, 0.3) is 0 Å². The van der Waals surface area contributed by atoms with Crippen LogP contribution in [0.4, 0.5) is 5.69 Å². The van der Waals surface area contributed by atoms with Crippen molar-refractivity contribution in [1.82, 2.24) is 5.32 Å². The van der Waals surface area contributed by atoms with Crippen LogP contribution in [0.5, 0.6) is 0 Å². The molecule has 2 amide bonds. The lowest BCUT2D eigenvalue weighted by Gasteiger charge is -2.17. The predicted molar refractivity (Wildman–Crippen MR) is 69.1 cm³/mol. The van der Waals surface area contributed by atoms with Gasteiger partial charge in [-0.1, -0.05) is 17.7 Å². The smallest absolute Gasteiger partial charge is 0.249 e. The van der Waals surface area contributed by atoms with E-state index in [0.717, 1.165) is 11.3 Å². The number of nitrogens with two attached hydrogens (primary N) is 1. The average Bonchev–Trinajstić information content (AvgIpc) is 2.72. The highest BCUT2D eigenvalue weighted by Gasteiger charge is 2.33. The highest BCUT2D eigenvalue weighted by Crippen LogP contribution is 2.21. The molecule has 3 N–H and O–H groups in total. The zero-order chi connectivity index (χ0) is 13.1. The lowest BCUT2D eigenvalue weighted by molar-refractivity contribution is -0.125. The van der Waals surface area contributed by atoms with Crippen molar-refractivity contribution >= 4 is 17.5 Å². The highest BCUT2D eigenvalue weighted by molar-refractivity contribution is 6.01. The lowest BCUT2D eigenvalue weighted by atomic mass is 10.2. The lowest BCUT2D eigenvalue weighted by Crippen LogP contribution is -2.43. The second-order valence-electron chi connectivity index (χ2n) is 4.44. The Morgan fingerprint density at radius 1 is 1.44 bits per heavy atom. The molecule has 1 fully saturated rings. The molecule has 1 aromatic rings. The topological polar surface area (TPSA) is 75.4 Å². The molecular weight excluding hydrogens is 230 g/mol. The van der Waals surface area contributed by atoms with E-state index < -0.39 is 6.04 Å². The first-order valence-electron chi connectivity index (χ1n) is 5.99. The summed E-state index contributed by atoms with van der Waals surface area (Å²) in [5, 5.41) is 2.63. The van der Waals surface area contributed by atoms with Crippen molar-refractivity contribution in [2.45, 2.75) is 19.4 Å². The first-order chi connectivity index (χ1) is 8.61. The second-order valence-corrected chi connectivity index (χ2v) is 4.44. The van der Waals surface area contributed by atoms with E-state index in [1.807, 2.05) is 31.2 Å². The molecule has 1 heterocycles. The van der Waals surface area contributed by atoms with E-state index in [0.29, 0.717) is 13.0 Å². The molecule has 1 saturated heterocycles. The molecule has 1 unspecified atom stereocenters. The van der Waals surface area contributed by atoms with E-state index in [2.05, 4.69) is 5.32 Å². The number of anilines is 1. The SMILES string of the molecule is Cc1ccc(N2CCC(NC(=O)CN)C2=O)cc1. The number of carbonyl (C=O) groups excluding carboxylic acids is 2. The summed E-state index contributed by atoms with van der Waals surface area (Å²) in [5.41, 5.74) is 7.24. The van der Waals surface area contributed by atoms with Crippen molar-refractivity contribution in [3.05, 3.63) is 29.8 Å². The van der Waals surface area contributed by atoms with Gasteiger partial charge < -0.3 is 16.0 Å². The molecule has 0 aromatic heterocycles. The Morgan fingerprint density at radius 3 is 2.72 bits per heavy atom. The summed E-state index contributed by atoms with van der Waals surface area (Å²) >= 11 is 0. The number of hydrogen-bond acceptors (Lipinski definition) is 3. The first kappa shape index (κ1) is 12.6. The molecule has 1 atom stereocenters. The maximum absolute atomic E-state index is 12.1. The molecule has 1 aliphatic heterocycles. The van der Waals surface area contributed by atoms with E-state index >= 15 is 0 Å². The summed E-state index contributed by atoms with van der Waals surface area (Å²) in [4.78, 5) is 25.0. The van der Waals surface area contributed by atoms with Gasteiger partial charge in [-0.15, -0.1) is 0 Å². The van der Waals surface area contributed by atoms with Crippen LogP contribution in [0.3, 0.4) is 0 Å². The van der Waals surface area contributed by atoms with Crippen LogP contribution >= 0.6 is 0 Å². The van der Waals surface area contributed by atoms with Gasteiger partial charge in [-0.2, -0.15) is 0 Å². The fraction of sp³-hybridized carbons (Fsp3) is 0.385. The number of carbonyl (C=O) groups is 2. The molecule has 0 radical (unpaired) electrons. The van der Waals surface area contributed by atoms with Gasteiger partial charge in [-0.25, -0.2) is 0 Å². The Labute approximate surface area is 106 Å². The Hall–Kier alpha value is -1.88. The molecule has 0 spiro atoms. The van der Waals surface area contributed by atoms with E-state index in [9.17, 15) is 9.59 Å². The maximum Gasteiger partial charge on any atom is 0.249 e. The second kappa shape index (κ2) is 5.18. The van der Waals surface area contributed by atoms with Crippen LogP contribution in [-0.2, 0) is 9.59 Å². The van der Waals surface area contributed by atoms with Gasteiger partial charge in [0.05, 0.1) is 6.54 Å². The van der Waals surface area contributed by atoms with E-state index in [1.54, 1.807) is 4.90 Å². The van der Waals surface area contributed by atoms with Crippen LogP contribution in [0, 0.1) is 6.92 Å². The van der Waals surface area contributed by atoms with E-state index in [1.165, 1.54) is 0 Å². The molecular formula is C13H17N3O2. The standard InChI is InChI=1S/C13H17N3O2/c1-9-2-4-10(5-3-9)16-7-6-11(13(16)18)15-12(17)8-14/h2-5,11H,6-8,14H2,1H3,(H,15,17). The quantitative estimate of drug-likeness (QED) is 0.799. The van der Waals surface area contributed by atoms with Crippen molar-refractivity contribution in [3.63, 3.8) is 0 Å². The predicted octanol–water partition coefficient (Wildman–Crippen LogP) is 0.175. The third-order valence-electron chi connectivity index (χ3n) is 3.07. The van der Waals surface area contributed by atoms with Crippen molar-refractivity contribution in [2.75, 3.05) is 18.0 Å². The molecule has 96 valence electrons. The molecule has 1 aromatic carbocycles. The van der Waals surface area contributed by atoms with Crippen molar-refractivity contribution in [3.8, 4) is 0 Å². The van der Waals surface area contributed by atoms with Gasteiger partial charge in [-0.3, -0.25) is 9.59 Å². The zero-order valence-corrected chi connectivity index (χ0v) is 10.3. The van der Waals surface area contributed by atoms with Crippen molar-refractivity contribution in [1.29, 1.82) is 0 Å². The third kappa shape index (κ3) is 2.51. The molecule has 0 saturated carbocycles. The average molecular weight is 247 g/mol. The fourth-order valence-electron chi connectivity index (χ4n) is 2.05. The maximum atomic E-state index is 12.1. The van der Waals surface area contributed by atoms with Crippen LogP contribution < -0.4 is 16.0 Å². The Morgan fingerprint density at radius 2 is 2.11 bits per heavy atom. The number of nitrogens with one attached hydrogen (secondary N) is 1. The third-order valence-corrected chi connectivity index (χ3v) is 3.07. The van der Waals surface area contributed by atoms with E-state index in [4.69, 9.17) is 5.73 Å². The van der Waals surface area contributed by atoms with Crippen LogP contribution in [0.15, 0.2) is 24.3 Å². The van der Waals surface area contributed by atoms with Gasteiger partial charge in [0.25, 0.3) is 0 Å². The monoisotopic (exact) mass is 247 g/mol. The van der Waals surface area contributed by atoms with Crippen LogP contribution in [0.2, 0.25) is 0 Å². The summed E-state index contributed by atoms with van der Waals surface area (Å²) in [7, 11) is 0. The molecule has 0 bridgehead atoms. The largest absolute Gasteiger partial charge is 0.343 e. The number of rotatable bonds is 3. The minimum atomic E-state index is -0.442. The van der Waals surface area contributed by atoms with Gasteiger partial charge in [-0.05, 0) is 25.5 Å². The van der Waals surface area contributed by atoms with Gasteiger partial charge >= 0.3 is 0 Å². The summed E-state index contributed by atoms with van der Waals surface area (Å²) < 4.78 is 0. The zero-order valence-electron chi connectivity index (χ0n) is 10.3. The molecule has 5 nitrogen and oxygen atoms in total. The van der Waals surface area contributed by atoms with Gasteiger partial charge in [0.15, 0.2) is 0 Å². The van der Waals surface area contributed by atoms with Crippen LogP contribution in [-0.4, -0.2) is 30.9 Å². The molecule has 1 aliphatic rings. The molecule has 2 rings (SSSR count). The van der Waals surface area contributed by atoms with Crippen molar-refractivity contribution in [2.24, 2.45) is 5.73 Å². The minimum Gasteiger partial charge on any atom is -0.343 e. The number of aryl methyl sites for hydroxylation is 1. The van der Waals surface area contributed by atoms with Crippen molar-refractivity contribution < 1.29 is 9.59 Å². The Bertz CT molecular complexity index is 456. The van der Waals surface area contributed by atoms with Gasteiger partial charge in [0.2, 0.25) is 11.8 Å². The normalized spacial score (nSPS) is 19.1. The van der Waals surface area contributed by atoms with Gasteiger partial charge in [0, 0.05) is 12.2 Å². The molecule has 18 heavy (non-hydrogen) atoms. The minimum absolute atomic E-state index is 0.0688. The summed E-state index contributed by atoms with van der Waals surface area (Å²) in [6, 6.07) is 7.33. The molecule has 0 aliphatic carbocycles. The first-order valence-corrected chi connectivity index (χ1v) is 5.99. The number of nitrogens with zero attached hydrogens (tertiary/aromatic N) is 1.